The predicted molar refractivity (Wildman–Crippen MR) is 57.9 cm³/mol. The highest BCUT2D eigenvalue weighted by Gasteiger charge is 2.23. The summed E-state index contributed by atoms with van der Waals surface area (Å²) in [5.74, 6) is -0.690. The molecule has 0 bridgehead atoms. The Hall–Kier alpha value is -1.87. The maximum atomic E-state index is 11.8. The van der Waals surface area contributed by atoms with Gasteiger partial charge in [-0.2, -0.15) is 5.26 Å². The first-order valence-corrected chi connectivity index (χ1v) is 6.25. The molecule has 0 unspecified atom stereocenters. The number of nitriles is 1. The molecule has 5 nitrogen and oxygen atoms in total. The maximum Gasteiger partial charge on any atom is 0.268 e. The number of rotatable bonds is 3. The molecule has 0 aromatic heterocycles. The first kappa shape index (κ1) is 12.2. The van der Waals surface area contributed by atoms with E-state index in [2.05, 4.69) is 0 Å². The van der Waals surface area contributed by atoms with Crippen LogP contribution < -0.4 is 0 Å². The largest absolute Gasteiger partial charge is 0.268 e. The van der Waals surface area contributed by atoms with Gasteiger partial charge in [0.15, 0.2) is 0 Å². The van der Waals surface area contributed by atoms with Gasteiger partial charge in [-0.25, -0.2) is 12.7 Å². The van der Waals surface area contributed by atoms with Crippen LogP contribution in [0, 0.1) is 11.3 Å². The quantitative estimate of drug-likeness (QED) is 0.723. The Labute approximate surface area is 94.0 Å². The van der Waals surface area contributed by atoms with Crippen LogP contribution in [0.1, 0.15) is 10.4 Å². The van der Waals surface area contributed by atoms with Gasteiger partial charge in [0.05, 0.1) is 12.3 Å². The molecular formula is C10H10N2O3S. The van der Waals surface area contributed by atoms with E-state index in [0.29, 0.717) is 4.31 Å². The predicted octanol–water partition coefficient (Wildman–Crippen LogP) is 0.612. The molecule has 0 aliphatic heterocycles. The molecule has 6 heteroatoms. The van der Waals surface area contributed by atoms with Crippen LogP contribution in [-0.4, -0.2) is 31.4 Å². The van der Waals surface area contributed by atoms with Crippen LogP contribution in [-0.2, 0) is 10.0 Å². The lowest BCUT2D eigenvalue weighted by Crippen LogP contribution is -2.36. The molecule has 84 valence electrons. The third-order valence-electron chi connectivity index (χ3n) is 1.86. The Morgan fingerprint density at radius 3 is 2.38 bits per heavy atom. The normalized spacial score (nSPS) is 10.5. The van der Waals surface area contributed by atoms with Gasteiger partial charge in [0.25, 0.3) is 5.91 Å². The minimum Gasteiger partial charge on any atom is -0.268 e. The van der Waals surface area contributed by atoms with E-state index in [9.17, 15) is 13.2 Å². The van der Waals surface area contributed by atoms with Crippen molar-refractivity contribution in [1.29, 1.82) is 5.26 Å². The van der Waals surface area contributed by atoms with Crippen LogP contribution in [0.15, 0.2) is 30.3 Å². The number of carbonyl (C=O) groups is 1. The minimum absolute atomic E-state index is 0.239. The lowest BCUT2D eigenvalue weighted by molar-refractivity contribution is 0.0873. The van der Waals surface area contributed by atoms with E-state index in [1.807, 2.05) is 0 Å². The smallest absolute Gasteiger partial charge is 0.268 e. The van der Waals surface area contributed by atoms with Crippen molar-refractivity contribution >= 4 is 15.9 Å². The molecule has 0 saturated carbocycles. The summed E-state index contributed by atoms with van der Waals surface area (Å²) in [6.07, 6.45) is 0.894. The second-order valence-electron chi connectivity index (χ2n) is 3.10. The van der Waals surface area contributed by atoms with Gasteiger partial charge in [0.1, 0.15) is 6.54 Å². The molecule has 0 N–H and O–H groups in total. The van der Waals surface area contributed by atoms with Crippen molar-refractivity contribution < 1.29 is 13.2 Å². The van der Waals surface area contributed by atoms with Crippen molar-refractivity contribution in [1.82, 2.24) is 4.31 Å². The van der Waals surface area contributed by atoms with Crippen LogP contribution in [0.3, 0.4) is 0 Å². The number of hydrogen-bond acceptors (Lipinski definition) is 4. The standard InChI is InChI=1S/C10H10N2O3S/c1-16(14,15)12(8-7-11)10(13)9-5-3-2-4-6-9/h2-6H,8H2,1H3. The first-order chi connectivity index (χ1) is 7.46. The fourth-order valence-corrected chi connectivity index (χ4v) is 1.83. The molecule has 1 rings (SSSR count). The van der Waals surface area contributed by atoms with Gasteiger partial charge >= 0.3 is 0 Å². The van der Waals surface area contributed by atoms with Gasteiger partial charge in [-0.3, -0.25) is 4.79 Å². The molecule has 0 saturated heterocycles. The van der Waals surface area contributed by atoms with Gasteiger partial charge in [-0.1, -0.05) is 18.2 Å². The molecule has 0 aliphatic rings. The summed E-state index contributed by atoms with van der Waals surface area (Å²) >= 11 is 0. The fourth-order valence-electron chi connectivity index (χ4n) is 1.13. The zero-order valence-corrected chi connectivity index (χ0v) is 9.44. The summed E-state index contributed by atoms with van der Waals surface area (Å²) in [7, 11) is -3.71. The zero-order valence-electron chi connectivity index (χ0n) is 8.62. The Bertz CT molecular complexity index is 517. The Kier molecular flexibility index (Phi) is 3.64. The van der Waals surface area contributed by atoms with Crippen molar-refractivity contribution in [3.05, 3.63) is 35.9 Å². The molecule has 0 fully saturated rings. The number of benzene rings is 1. The SMILES string of the molecule is CS(=O)(=O)N(CC#N)C(=O)c1ccccc1. The van der Waals surface area contributed by atoms with E-state index < -0.39 is 22.5 Å². The van der Waals surface area contributed by atoms with Crippen LogP contribution in [0.5, 0.6) is 0 Å². The van der Waals surface area contributed by atoms with Crippen LogP contribution in [0.2, 0.25) is 0 Å². The monoisotopic (exact) mass is 238 g/mol. The molecule has 1 aromatic carbocycles. The molecule has 0 heterocycles. The number of hydrogen-bond donors (Lipinski definition) is 0. The van der Waals surface area contributed by atoms with Crippen molar-refractivity contribution in [3.8, 4) is 6.07 Å². The zero-order chi connectivity index (χ0) is 12.2. The minimum atomic E-state index is -3.71. The summed E-state index contributed by atoms with van der Waals surface area (Å²) in [4.78, 5) is 11.8. The van der Waals surface area contributed by atoms with Crippen LogP contribution in [0.4, 0.5) is 0 Å². The summed E-state index contributed by atoms with van der Waals surface area (Å²) in [5.41, 5.74) is 0.239. The van der Waals surface area contributed by atoms with Crippen molar-refractivity contribution in [2.45, 2.75) is 0 Å². The van der Waals surface area contributed by atoms with Crippen molar-refractivity contribution in [2.75, 3.05) is 12.8 Å². The van der Waals surface area contributed by atoms with Gasteiger partial charge in [0, 0.05) is 5.56 Å². The lowest BCUT2D eigenvalue weighted by atomic mass is 10.2. The Morgan fingerprint density at radius 1 is 1.38 bits per heavy atom. The highest BCUT2D eigenvalue weighted by Crippen LogP contribution is 2.07. The fraction of sp³-hybridized carbons (Fsp3) is 0.200. The summed E-state index contributed by atoms with van der Waals surface area (Å²) in [6.45, 7) is -0.480. The number of amides is 1. The van der Waals surface area contributed by atoms with Gasteiger partial charge in [-0.05, 0) is 12.1 Å². The summed E-state index contributed by atoms with van der Waals surface area (Å²) < 4.78 is 23.1. The van der Waals surface area contributed by atoms with Crippen molar-refractivity contribution in [3.63, 3.8) is 0 Å². The average Bonchev–Trinajstić information content (AvgIpc) is 2.25. The average molecular weight is 238 g/mol. The molecule has 16 heavy (non-hydrogen) atoms. The maximum absolute atomic E-state index is 11.8. The molecular weight excluding hydrogens is 228 g/mol. The van der Waals surface area contributed by atoms with E-state index in [-0.39, 0.29) is 5.56 Å². The second kappa shape index (κ2) is 4.77. The lowest BCUT2D eigenvalue weighted by Gasteiger charge is -2.16. The van der Waals surface area contributed by atoms with E-state index in [1.54, 1.807) is 24.3 Å². The second-order valence-corrected chi connectivity index (χ2v) is 5.01. The molecule has 1 aromatic rings. The van der Waals surface area contributed by atoms with Crippen LogP contribution >= 0.6 is 0 Å². The first-order valence-electron chi connectivity index (χ1n) is 4.41. The molecule has 0 aliphatic carbocycles. The summed E-state index contributed by atoms with van der Waals surface area (Å²) in [6, 6.07) is 9.61. The highest BCUT2D eigenvalue weighted by molar-refractivity contribution is 7.88. The Morgan fingerprint density at radius 2 is 1.94 bits per heavy atom. The highest BCUT2D eigenvalue weighted by atomic mass is 32.2. The van der Waals surface area contributed by atoms with E-state index in [4.69, 9.17) is 5.26 Å². The number of carbonyl (C=O) groups excluding carboxylic acids is 1. The third kappa shape index (κ3) is 2.81. The van der Waals surface area contributed by atoms with Gasteiger partial charge in [-0.15, -0.1) is 0 Å². The molecule has 0 radical (unpaired) electrons. The molecule has 0 spiro atoms. The van der Waals surface area contributed by atoms with Gasteiger partial charge < -0.3 is 0 Å². The third-order valence-corrected chi connectivity index (χ3v) is 2.96. The van der Waals surface area contributed by atoms with Gasteiger partial charge in [0.2, 0.25) is 10.0 Å². The Balaban J connectivity index is 3.08. The summed E-state index contributed by atoms with van der Waals surface area (Å²) in [5, 5.41) is 8.49. The van der Waals surface area contributed by atoms with E-state index in [0.717, 1.165) is 6.26 Å². The van der Waals surface area contributed by atoms with E-state index in [1.165, 1.54) is 12.1 Å². The topological polar surface area (TPSA) is 78.2 Å². The van der Waals surface area contributed by atoms with Crippen molar-refractivity contribution in [2.24, 2.45) is 0 Å². The molecule has 0 atom stereocenters. The van der Waals surface area contributed by atoms with Crippen LogP contribution in [0.25, 0.3) is 0 Å². The number of sulfonamides is 1. The number of nitrogens with zero attached hydrogens (tertiary/aromatic N) is 2. The molecule has 1 amide bonds. The van der Waals surface area contributed by atoms with E-state index >= 15 is 0 Å².